The van der Waals surface area contributed by atoms with Crippen LogP contribution in [0.25, 0.3) is 0 Å². The van der Waals surface area contributed by atoms with Gasteiger partial charge in [0.15, 0.2) is 0 Å². The minimum Gasteiger partial charge on any atom is -0.379 e. The molecule has 1 aromatic heterocycles. The van der Waals surface area contributed by atoms with E-state index in [9.17, 15) is 4.79 Å². The average Bonchev–Trinajstić information content (AvgIpc) is 3.10. The zero-order valence-electron chi connectivity index (χ0n) is 13.8. The van der Waals surface area contributed by atoms with Crippen molar-refractivity contribution in [3.8, 4) is 0 Å². The van der Waals surface area contributed by atoms with E-state index in [0.29, 0.717) is 6.42 Å². The largest absolute Gasteiger partial charge is 0.379 e. The van der Waals surface area contributed by atoms with E-state index in [4.69, 9.17) is 4.74 Å². The number of likely N-dealkylation sites (tertiary alicyclic amines) is 1. The number of anilines is 1. The number of aromatic nitrogens is 1. The molecule has 2 aliphatic rings. The maximum Gasteiger partial charge on any atom is 0.224 e. The number of ether oxygens (including phenoxy) is 1. The second-order valence-electron chi connectivity index (χ2n) is 6.17. The van der Waals surface area contributed by atoms with Crippen LogP contribution >= 0.6 is 0 Å². The first-order chi connectivity index (χ1) is 11.3. The third-order valence-corrected chi connectivity index (χ3v) is 4.74. The number of morpholine rings is 1. The van der Waals surface area contributed by atoms with Crippen LogP contribution in [0, 0.1) is 0 Å². The molecule has 1 unspecified atom stereocenters. The van der Waals surface area contributed by atoms with Crippen LogP contribution < -0.4 is 5.32 Å². The third kappa shape index (κ3) is 4.00. The van der Waals surface area contributed by atoms with Gasteiger partial charge in [-0.2, -0.15) is 0 Å². The predicted octanol–water partition coefficient (Wildman–Crippen LogP) is 1.51. The molecule has 2 aliphatic heterocycles. The van der Waals surface area contributed by atoms with Crippen LogP contribution in [0.1, 0.15) is 30.9 Å². The molecule has 3 rings (SSSR count). The summed E-state index contributed by atoms with van der Waals surface area (Å²) in [6, 6.07) is 4.28. The Balaban J connectivity index is 1.60. The van der Waals surface area contributed by atoms with Crippen molar-refractivity contribution in [3.63, 3.8) is 0 Å². The van der Waals surface area contributed by atoms with Crippen molar-refractivity contribution >= 4 is 11.7 Å². The van der Waals surface area contributed by atoms with Gasteiger partial charge in [-0.1, -0.05) is 0 Å². The Labute approximate surface area is 137 Å². The highest BCUT2D eigenvalue weighted by Gasteiger charge is 2.30. The van der Waals surface area contributed by atoms with Crippen molar-refractivity contribution in [1.29, 1.82) is 0 Å². The van der Waals surface area contributed by atoms with Crippen LogP contribution in [-0.2, 0) is 9.53 Å². The summed E-state index contributed by atoms with van der Waals surface area (Å²) >= 11 is 0. The summed E-state index contributed by atoms with van der Waals surface area (Å²) in [7, 11) is 1.87. The summed E-state index contributed by atoms with van der Waals surface area (Å²) in [4.78, 5) is 21.3. The van der Waals surface area contributed by atoms with E-state index < -0.39 is 0 Å². The molecule has 1 aromatic rings. The molecule has 0 aliphatic carbocycles. The van der Waals surface area contributed by atoms with E-state index in [2.05, 4.69) is 26.2 Å². The predicted molar refractivity (Wildman–Crippen MR) is 89.3 cm³/mol. The molecule has 126 valence electrons. The minimum atomic E-state index is 0.197. The van der Waals surface area contributed by atoms with Crippen molar-refractivity contribution < 1.29 is 9.53 Å². The molecule has 2 fully saturated rings. The van der Waals surface area contributed by atoms with E-state index in [1.807, 2.05) is 19.3 Å². The second-order valence-corrected chi connectivity index (χ2v) is 6.17. The number of hydrogen-bond donors (Lipinski definition) is 1. The fourth-order valence-electron chi connectivity index (χ4n) is 3.42. The first kappa shape index (κ1) is 16.2. The van der Waals surface area contributed by atoms with Gasteiger partial charge in [0.05, 0.1) is 19.3 Å². The molecule has 0 bridgehead atoms. The molecule has 6 heteroatoms. The van der Waals surface area contributed by atoms with Gasteiger partial charge < -0.3 is 15.0 Å². The standard InChI is InChI=1S/C17H26N4O2/c1-18-16-13-14(4-6-19-16)15-3-2-7-21(15)17(22)5-8-20-9-11-23-12-10-20/h4,6,13,15H,2-3,5,7-12H2,1H3,(H,18,19). The molecule has 3 heterocycles. The fraction of sp³-hybridized carbons (Fsp3) is 0.647. The number of rotatable bonds is 5. The SMILES string of the molecule is CNc1cc(C2CCCN2C(=O)CCN2CCOCC2)ccn1. The van der Waals surface area contributed by atoms with Crippen LogP contribution in [-0.4, -0.2) is 67.1 Å². The van der Waals surface area contributed by atoms with Gasteiger partial charge in [0, 0.05) is 45.8 Å². The summed E-state index contributed by atoms with van der Waals surface area (Å²) < 4.78 is 5.35. The van der Waals surface area contributed by atoms with Gasteiger partial charge >= 0.3 is 0 Å². The van der Waals surface area contributed by atoms with Crippen LogP contribution in [0.5, 0.6) is 0 Å². The summed E-state index contributed by atoms with van der Waals surface area (Å²) in [6.45, 7) is 5.14. The fourth-order valence-corrected chi connectivity index (χ4v) is 3.42. The highest BCUT2D eigenvalue weighted by atomic mass is 16.5. The van der Waals surface area contributed by atoms with E-state index in [0.717, 1.165) is 58.1 Å². The lowest BCUT2D eigenvalue weighted by Crippen LogP contribution is -2.39. The minimum absolute atomic E-state index is 0.197. The lowest BCUT2D eigenvalue weighted by Gasteiger charge is -2.29. The van der Waals surface area contributed by atoms with Crippen LogP contribution in [0.2, 0.25) is 0 Å². The van der Waals surface area contributed by atoms with Crippen molar-refractivity contribution in [2.75, 3.05) is 51.8 Å². The highest BCUT2D eigenvalue weighted by Crippen LogP contribution is 2.33. The maximum absolute atomic E-state index is 12.7. The Bertz CT molecular complexity index is 531. The molecule has 0 aromatic carbocycles. The monoisotopic (exact) mass is 318 g/mol. The van der Waals surface area contributed by atoms with Gasteiger partial charge in [-0.25, -0.2) is 4.98 Å². The normalized spacial score (nSPS) is 22.3. The molecule has 2 saturated heterocycles. The quantitative estimate of drug-likeness (QED) is 0.892. The van der Waals surface area contributed by atoms with Crippen LogP contribution in [0.15, 0.2) is 18.3 Å². The zero-order chi connectivity index (χ0) is 16.1. The van der Waals surface area contributed by atoms with Crippen molar-refractivity contribution in [3.05, 3.63) is 23.9 Å². The Kier molecular flexibility index (Phi) is 5.46. The lowest BCUT2D eigenvalue weighted by atomic mass is 10.1. The molecule has 1 amide bonds. The molecular formula is C17H26N4O2. The van der Waals surface area contributed by atoms with Crippen LogP contribution in [0.4, 0.5) is 5.82 Å². The molecular weight excluding hydrogens is 292 g/mol. The van der Waals surface area contributed by atoms with E-state index in [1.54, 1.807) is 0 Å². The molecule has 1 atom stereocenters. The molecule has 1 N–H and O–H groups in total. The Morgan fingerprint density at radius 3 is 3.00 bits per heavy atom. The van der Waals surface area contributed by atoms with Gasteiger partial charge in [0.25, 0.3) is 0 Å². The van der Waals surface area contributed by atoms with Gasteiger partial charge in [0.1, 0.15) is 5.82 Å². The lowest BCUT2D eigenvalue weighted by molar-refractivity contribution is -0.132. The van der Waals surface area contributed by atoms with Gasteiger partial charge in [0.2, 0.25) is 5.91 Å². The second kappa shape index (κ2) is 7.75. The number of nitrogens with one attached hydrogen (secondary N) is 1. The summed E-state index contributed by atoms with van der Waals surface area (Å²) in [5.74, 6) is 1.12. The van der Waals surface area contributed by atoms with Gasteiger partial charge in [-0.15, -0.1) is 0 Å². The zero-order valence-corrected chi connectivity index (χ0v) is 13.8. The maximum atomic E-state index is 12.7. The molecule has 6 nitrogen and oxygen atoms in total. The number of carbonyl (C=O) groups is 1. The summed E-state index contributed by atoms with van der Waals surface area (Å²) in [5.41, 5.74) is 1.18. The Morgan fingerprint density at radius 1 is 1.39 bits per heavy atom. The smallest absolute Gasteiger partial charge is 0.224 e. The Morgan fingerprint density at radius 2 is 2.22 bits per heavy atom. The number of pyridine rings is 1. The van der Waals surface area contributed by atoms with E-state index >= 15 is 0 Å². The first-order valence-corrected chi connectivity index (χ1v) is 8.51. The number of hydrogen-bond acceptors (Lipinski definition) is 5. The molecule has 23 heavy (non-hydrogen) atoms. The van der Waals surface area contributed by atoms with Crippen molar-refractivity contribution in [2.45, 2.75) is 25.3 Å². The molecule has 0 saturated carbocycles. The molecule has 0 spiro atoms. The number of amides is 1. The first-order valence-electron chi connectivity index (χ1n) is 8.51. The van der Waals surface area contributed by atoms with Gasteiger partial charge in [-0.3, -0.25) is 9.69 Å². The van der Waals surface area contributed by atoms with E-state index in [1.165, 1.54) is 5.56 Å². The topological polar surface area (TPSA) is 57.7 Å². The van der Waals surface area contributed by atoms with E-state index in [-0.39, 0.29) is 11.9 Å². The summed E-state index contributed by atoms with van der Waals surface area (Å²) in [6.07, 6.45) is 4.53. The highest BCUT2D eigenvalue weighted by molar-refractivity contribution is 5.77. The molecule has 0 radical (unpaired) electrons. The Hall–Kier alpha value is -1.66. The van der Waals surface area contributed by atoms with Crippen molar-refractivity contribution in [1.82, 2.24) is 14.8 Å². The summed E-state index contributed by atoms with van der Waals surface area (Å²) in [5, 5.41) is 3.07. The van der Waals surface area contributed by atoms with Crippen molar-refractivity contribution in [2.24, 2.45) is 0 Å². The van der Waals surface area contributed by atoms with Gasteiger partial charge in [-0.05, 0) is 30.5 Å². The number of carbonyl (C=O) groups excluding carboxylic acids is 1. The third-order valence-electron chi connectivity index (χ3n) is 4.74. The number of nitrogens with zero attached hydrogens (tertiary/aromatic N) is 3. The van der Waals surface area contributed by atoms with Crippen LogP contribution in [0.3, 0.4) is 0 Å². The average molecular weight is 318 g/mol.